The van der Waals surface area contributed by atoms with E-state index < -0.39 is 15.8 Å². The van der Waals surface area contributed by atoms with Crippen LogP contribution >= 0.6 is 0 Å². The van der Waals surface area contributed by atoms with E-state index in [-0.39, 0.29) is 10.9 Å². The lowest BCUT2D eigenvalue weighted by molar-refractivity contribution is 0.548. The van der Waals surface area contributed by atoms with Gasteiger partial charge in [-0.25, -0.2) is 17.5 Å². The van der Waals surface area contributed by atoms with Gasteiger partial charge in [0.15, 0.2) is 0 Å². The van der Waals surface area contributed by atoms with Crippen molar-refractivity contribution < 1.29 is 12.8 Å². The first-order valence-corrected chi connectivity index (χ1v) is 6.86. The monoisotopic (exact) mass is 260 g/mol. The summed E-state index contributed by atoms with van der Waals surface area (Å²) in [6.45, 7) is 3.75. The van der Waals surface area contributed by atoms with Gasteiger partial charge in [-0.2, -0.15) is 0 Å². The summed E-state index contributed by atoms with van der Waals surface area (Å²) < 4.78 is 39.5. The average Bonchev–Trinajstić information content (AvgIpc) is 2.19. The van der Waals surface area contributed by atoms with Crippen molar-refractivity contribution in [2.45, 2.75) is 31.2 Å². The van der Waals surface area contributed by atoms with Crippen LogP contribution in [0.5, 0.6) is 0 Å². The molecule has 0 aliphatic rings. The van der Waals surface area contributed by atoms with Crippen LogP contribution in [0.2, 0.25) is 0 Å². The van der Waals surface area contributed by atoms with Gasteiger partial charge in [-0.3, -0.25) is 0 Å². The van der Waals surface area contributed by atoms with E-state index >= 15 is 0 Å². The van der Waals surface area contributed by atoms with Crippen LogP contribution in [0.3, 0.4) is 0 Å². The fourth-order valence-electron chi connectivity index (χ4n) is 1.45. The van der Waals surface area contributed by atoms with Crippen LogP contribution in [0.15, 0.2) is 23.1 Å². The zero-order chi connectivity index (χ0) is 13.1. The van der Waals surface area contributed by atoms with Gasteiger partial charge in [0.05, 0.1) is 0 Å². The van der Waals surface area contributed by atoms with Gasteiger partial charge in [-0.15, -0.1) is 0 Å². The van der Waals surface area contributed by atoms with Gasteiger partial charge in [0, 0.05) is 6.04 Å². The molecule has 0 atom stereocenters. The molecular formula is C11H17FN2O2S. The van der Waals surface area contributed by atoms with E-state index in [2.05, 4.69) is 4.72 Å². The van der Waals surface area contributed by atoms with Gasteiger partial charge in [0.1, 0.15) is 10.7 Å². The van der Waals surface area contributed by atoms with Crippen molar-refractivity contribution in [1.82, 2.24) is 4.72 Å². The van der Waals surface area contributed by atoms with E-state index in [0.717, 1.165) is 6.07 Å². The summed E-state index contributed by atoms with van der Waals surface area (Å²) in [6, 6.07) is 3.74. The lowest BCUT2D eigenvalue weighted by Crippen LogP contribution is -2.31. The summed E-state index contributed by atoms with van der Waals surface area (Å²) in [5.41, 5.74) is 6.09. The first kappa shape index (κ1) is 14.1. The van der Waals surface area contributed by atoms with Crippen LogP contribution in [0.25, 0.3) is 0 Å². The van der Waals surface area contributed by atoms with Crippen LogP contribution in [0.4, 0.5) is 4.39 Å². The van der Waals surface area contributed by atoms with Crippen LogP contribution < -0.4 is 10.5 Å². The Morgan fingerprint density at radius 3 is 2.59 bits per heavy atom. The minimum Gasteiger partial charge on any atom is -0.330 e. The zero-order valence-corrected chi connectivity index (χ0v) is 10.7. The molecule has 0 spiro atoms. The lowest BCUT2D eigenvalue weighted by Gasteiger charge is -2.11. The van der Waals surface area contributed by atoms with Crippen LogP contribution in [0.1, 0.15) is 19.4 Å². The molecule has 1 aromatic rings. The molecule has 0 amide bonds. The van der Waals surface area contributed by atoms with Crippen molar-refractivity contribution in [3.8, 4) is 0 Å². The molecule has 0 aliphatic heterocycles. The summed E-state index contributed by atoms with van der Waals surface area (Å²) in [6.07, 6.45) is 0.518. The Kier molecular flexibility index (Phi) is 4.62. The number of halogens is 1. The van der Waals surface area contributed by atoms with Crippen molar-refractivity contribution in [3.05, 3.63) is 29.6 Å². The molecule has 3 N–H and O–H groups in total. The van der Waals surface area contributed by atoms with Gasteiger partial charge < -0.3 is 5.73 Å². The van der Waals surface area contributed by atoms with Crippen molar-refractivity contribution in [2.75, 3.05) is 6.54 Å². The molecule has 17 heavy (non-hydrogen) atoms. The highest BCUT2D eigenvalue weighted by atomic mass is 32.2. The molecule has 0 aliphatic carbocycles. The van der Waals surface area contributed by atoms with Gasteiger partial charge in [0.25, 0.3) is 0 Å². The largest absolute Gasteiger partial charge is 0.330 e. The molecule has 6 heteroatoms. The average molecular weight is 260 g/mol. The highest BCUT2D eigenvalue weighted by molar-refractivity contribution is 7.89. The zero-order valence-electron chi connectivity index (χ0n) is 9.90. The van der Waals surface area contributed by atoms with E-state index in [0.29, 0.717) is 18.5 Å². The molecule has 4 nitrogen and oxygen atoms in total. The van der Waals surface area contributed by atoms with Crippen molar-refractivity contribution in [3.63, 3.8) is 0 Å². The quantitative estimate of drug-likeness (QED) is 0.830. The number of nitrogens with two attached hydrogens (primary N) is 1. The summed E-state index contributed by atoms with van der Waals surface area (Å²) in [4.78, 5) is -0.322. The van der Waals surface area contributed by atoms with Crippen LogP contribution in [-0.2, 0) is 16.4 Å². The van der Waals surface area contributed by atoms with Crippen molar-refractivity contribution >= 4 is 10.0 Å². The van der Waals surface area contributed by atoms with Gasteiger partial charge in [0.2, 0.25) is 10.0 Å². The highest BCUT2D eigenvalue weighted by Crippen LogP contribution is 2.17. The number of hydrogen-bond acceptors (Lipinski definition) is 3. The second-order valence-electron chi connectivity index (χ2n) is 4.08. The Hall–Kier alpha value is -0.980. The third-order valence-corrected chi connectivity index (χ3v) is 3.78. The number of benzene rings is 1. The number of nitrogens with one attached hydrogen (secondary N) is 1. The first-order valence-electron chi connectivity index (χ1n) is 5.37. The molecular weight excluding hydrogens is 243 g/mol. The summed E-state index contributed by atoms with van der Waals surface area (Å²) >= 11 is 0. The third kappa shape index (κ3) is 3.76. The second kappa shape index (κ2) is 5.57. The minimum atomic E-state index is -3.80. The Balaban J connectivity index is 3.16. The molecule has 0 unspecified atom stereocenters. The van der Waals surface area contributed by atoms with Gasteiger partial charge >= 0.3 is 0 Å². The standard InChI is InChI=1S/C11H17FN2O2S/c1-8(2)14-17(15,16)11-7-9(5-6-13)3-4-10(11)12/h3-4,7-8,14H,5-6,13H2,1-2H3. The maximum Gasteiger partial charge on any atom is 0.243 e. The molecule has 0 radical (unpaired) electrons. The van der Waals surface area contributed by atoms with E-state index in [9.17, 15) is 12.8 Å². The molecule has 0 heterocycles. The second-order valence-corrected chi connectivity index (χ2v) is 5.76. The maximum atomic E-state index is 13.5. The Morgan fingerprint density at radius 2 is 2.06 bits per heavy atom. The number of sulfonamides is 1. The fourth-order valence-corrected chi connectivity index (χ4v) is 2.83. The number of hydrogen-bond donors (Lipinski definition) is 2. The van der Waals surface area contributed by atoms with E-state index in [1.807, 2.05) is 0 Å². The third-order valence-electron chi connectivity index (χ3n) is 2.11. The van der Waals surface area contributed by atoms with E-state index in [1.54, 1.807) is 13.8 Å². The SMILES string of the molecule is CC(C)NS(=O)(=O)c1cc(CCN)ccc1F. The van der Waals surface area contributed by atoms with Gasteiger partial charge in [-0.1, -0.05) is 6.07 Å². The summed E-state index contributed by atoms with van der Waals surface area (Å²) in [7, 11) is -3.80. The molecule has 0 aromatic heterocycles. The summed E-state index contributed by atoms with van der Waals surface area (Å²) in [5, 5.41) is 0. The van der Waals surface area contributed by atoms with Gasteiger partial charge in [-0.05, 0) is 44.5 Å². The Labute approximate surface area is 101 Å². The van der Waals surface area contributed by atoms with Crippen LogP contribution in [0, 0.1) is 5.82 Å². The van der Waals surface area contributed by atoms with E-state index in [4.69, 9.17) is 5.73 Å². The molecule has 1 rings (SSSR count). The normalized spacial score (nSPS) is 12.1. The Bertz CT molecular complexity index is 486. The Morgan fingerprint density at radius 1 is 1.41 bits per heavy atom. The lowest BCUT2D eigenvalue weighted by atomic mass is 10.1. The minimum absolute atomic E-state index is 0.280. The first-order chi connectivity index (χ1) is 7.86. The highest BCUT2D eigenvalue weighted by Gasteiger charge is 2.20. The predicted molar refractivity (Wildman–Crippen MR) is 64.6 cm³/mol. The van der Waals surface area contributed by atoms with Crippen molar-refractivity contribution in [1.29, 1.82) is 0 Å². The van der Waals surface area contributed by atoms with Crippen LogP contribution in [-0.4, -0.2) is 21.0 Å². The molecule has 1 aromatic carbocycles. The molecule has 0 fully saturated rings. The number of rotatable bonds is 5. The molecule has 0 saturated carbocycles. The topological polar surface area (TPSA) is 72.2 Å². The van der Waals surface area contributed by atoms with Crippen molar-refractivity contribution in [2.24, 2.45) is 5.73 Å². The maximum absolute atomic E-state index is 13.5. The van der Waals surface area contributed by atoms with E-state index in [1.165, 1.54) is 12.1 Å². The fraction of sp³-hybridized carbons (Fsp3) is 0.455. The predicted octanol–water partition coefficient (Wildman–Crippen LogP) is 1.01. The molecule has 0 saturated heterocycles. The molecule has 0 bridgehead atoms. The smallest absolute Gasteiger partial charge is 0.243 e. The molecule has 96 valence electrons. The summed E-state index contributed by atoms with van der Waals surface area (Å²) in [5.74, 6) is -0.751.